The van der Waals surface area contributed by atoms with Gasteiger partial charge in [-0.15, -0.1) is 0 Å². The molecule has 6 heteroatoms. The van der Waals surface area contributed by atoms with Crippen LogP contribution in [0.3, 0.4) is 0 Å². The molecule has 2 aromatic rings. The number of hydrogen-bond acceptors (Lipinski definition) is 4. The van der Waals surface area contributed by atoms with E-state index in [0.29, 0.717) is 16.8 Å². The van der Waals surface area contributed by atoms with Crippen molar-refractivity contribution >= 4 is 17.7 Å². The average molecular weight is 382 g/mol. The molecule has 28 heavy (non-hydrogen) atoms. The first-order chi connectivity index (χ1) is 13.3. The van der Waals surface area contributed by atoms with Crippen molar-refractivity contribution in [3.8, 4) is 0 Å². The summed E-state index contributed by atoms with van der Waals surface area (Å²) in [5.41, 5.74) is 4.24. The predicted molar refractivity (Wildman–Crippen MR) is 105 cm³/mol. The van der Waals surface area contributed by atoms with Crippen LogP contribution in [-0.4, -0.2) is 28.7 Å². The molecular weight excluding hydrogens is 356 g/mol. The zero-order valence-electron chi connectivity index (χ0n) is 16.7. The topological polar surface area (TPSA) is 88.3 Å². The summed E-state index contributed by atoms with van der Waals surface area (Å²) in [4.78, 5) is 39.8. The van der Waals surface area contributed by atoms with Gasteiger partial charge in [-0.05, 0) is 63.6 Å². The number of aromatic nitrogens is 1. The van der Waals surface area contributed by atoms with Gasteiger partial charge in [-0.1, -0.05) is 24.3 Å². The Kier molecular flexibility index (Phi) is 5.68. The lowest BCUT2D eigenvalue weighted by atomic mass is 9.87. The second-order valence-electron chi connectivity index (χ2n) is 7.38. The zero-order valence-corrected chi connectivity index (χ0v) is 16.7. The Balaban J connectivity index is 1.68. The van der Waals surface area contributed by atoms with E-state index in [1.54, 1.807) is 20.8 Å². The monoisotopic (exact) mass is 382 g/mol. The van der Waals surface area contributed by atoms with Gasteiger partial charge in [-0.25, -0.2) is 4.79 Å². The summed E-state index contributed by atoms with van der Waals surface area (Å²) >= 11 is 0. The molecule has 1 heterocycles. The Bertz CT molecular complexity index is 929. The minimum Gasteiger partial charge on any atom is -0.448 e. The largest absolute Gasteiger partial charge is 0.448 e. The highest BCUT2D eigenvalue weighted by Crippen LogP contribution is 2.29. The molecule has 0 spiro atoms. The number of rotatable bonds is 5. The summed E-state index contributed by atoms with van der Waals surface area (Å²) < 4.78 is 5.36. The van der Waals surface area contributed by atoms with E-state index < -0.39 is 12.1 Å². The molecule has 0 radical (unpaired) electrons. The van der Waals surface area contributed by atoms with Gasteiger partial charge in [0.1, 0.15) is 5.69 Å². The number of H-pyrrole nitrogens is 1. The van der Waals surface area contributed by atoms with Crippen LogP contribution in [-0.2, 0) is 16.0 Å². The number of aromatic amines is 1. The number of aryl methyl sites for hydroxylation is 2. The summed E-state index contributed by atoms with van der Waals surface area (Å²) in [7, 11) is 0. The lowest BCUT2D eigenvalue weighted by molar-refractivity contribution is -0.130. The molecule has 2 atom stereocenters. The van der Waals surface area contributed by atoms with E-state index >= 15 is 0 Å². The third-order valence-electron chi connectivity index (χ3n) is 5.33. The van der Waals surface area contributed by atoms with Crippen molar-refractivity contribution in [2.45, 2.75) is 59.1 Å². The highest BCUT2D eigenvalue weighted by atomic mass is 16.5. The molecule has 1 aromatic carbocycles. The second kappa shape index (κ2) is 8.00. The number of nitrogens with one attached hydrogen (secondary N) is 2. The molecule has 1 aliphatic carbocycles. The van der Waals surface area contributed by atoms with Gasteiger partial charge in [0.2, 0.25) is 0 Å². The van der Waals surface area contributed by atoms with Crippen LogP contribution >= 0.6 is 0 Å². The minimum atomic E-state index is -0.939. The number of carbonyl (C=O) groups is 3. The third kappa shape index (κ3) is 3.86. The van der Waals surface area contributed by atoms with E-state index in [1.165, 1.54) is 12.5 Å². The molecule has 6 nitrogen and oxygen atoms in total. The number of ether oxygens (including phenoxy) is 1. The van der Waals surface area contributed by atoms with Crippen LogP contribution in [0.1, 0.15) is 76.0 Å². The van der Waals surface area contributed by atoms with Crippen molar-refractivity contribution in [2.75, 3.05) is 0 Å². The fraction of sp³-hybridized carbons (Fsp3) is 0.409. The number of carbonyl (C=O) groups excluding carboxylic acids is 3. The Morgan fingerprint density at radius 2 is 1.93 bits per heavy atom. The highest BCUT2D eigenvalue weighted by Gasteiger charge is 2.27. The van der Waals surface area contributed by atoms with Gasteiger partial charge < -0.3 is 15.0 Å². The fourth-order valence-corrected chi connectivity index (χ4v) is 3.95. The Morgan fingerprint density at radius 3 is 2.61 bits per heavy atom. The standard InChI is InChI=1S/C22H26N2O4/c1-12-19(14(3)25)13(2)23-20(12)22(27)28-15(4)21(26)24-18-11-7-9-16-8-5-6-10-17(16)18/h5-6,8,10,15,18,23H,7,9,11H2,1-4H3,(H,24,26)/t15-,18-/m1/s1. The summed E-state index contributed by atoms with van der Waals surface area (Å²) in [6, 6.07) is 8.02. The van der Waals surface area contributed by atoms with Gasteiger partial charge >= 0.3 is 5.97 Å². The lowest BCUT2D eigenvalue weighted by Crippen LogP contribution is -2.39. The molecule has 1 aromatic heterocycles. The first-order valence-corrected chi connectivity index (χ1v) is 9.58. The van der Waals surface area contributed by atoms with Crippen LogP contribution in [0.2, 0.25) is 0 Å². The van der Waals surface area contributed by atoms with Crippen LogP contribution < -0.4 is 5.32 Å². The van der Waals surface area contributed by atoms with Crippen molar-refractivity contribution in [3.63, 3.8) is 0 Å². The molecule has 1 amide bonds. The molecule has 148 valence electrons. The molecule has 1 aliphatic rings. The Morgan fingerprint density at radius 1 is 1.21 bits per heavy atom. The normalized spacial score (nSPS) is 16.8. The fourth-order valence-electron chi connectivity index (χ4n) is 3.95. The van der Waals surface area contributed by atoms with Crippen LogP contribution in [0.4, 0.5) is 0 Å². The molecule has 0 unspecified atom stereocenters. The second-order valence-corrected chi connectivity index (χ2v) is 7.38. The first kappa shape index (κ1) is 19.9. The van der Waals surface area contributed by atoms with Crippen LogP contribution in [0.25, 0.3) is 0 Å². The number of benzene rings is 1. The molecule has 3 rings (SSSR count). The molecule has 0 saturated carbocycles. The SMILES string of the molecule is CC(=O)c1c(C)[nH]c(C(=O)O[C@H](C)C(=O)N[C@@H]2CCCc3ccccc32)c1C. The molecule has 2 N–H and O–H groups in total. The predicted octanol–water partition coefficient (Wildman–Crippen LogP) is 3.57. The van der Waals surface area contributed by atoms with Crippen LogP contribution in [0, 0.1) is 13.8 Å². The maximum absolute atomic E-state index is 12.6. The zero-order chi connectivity index (χ0) is 20.4. The van der Waals surface area contributed by atoms with Gasteiger partial charge in [-0.3, -0.25) is 9.59 Å². The quantitative estimate of drug-likeness (QED) is 0.611. The number of esters is 1. The van der Waals surface area contributed by atoms with E-state index in [4.69, 9.17) is 4.74 Å². The van der Waals surface area contributed by atoms with E-state index in [1.807, 2.05) is 18.2 Å². The van der Waals surface area contributed by atoms with Crippen molar-refractivity contribution in [1.82, 2.24) is 10.3 Å². The lowest BCUT2D eigenvalue weighted by Gasteiger charge is -2.27. The summed E-state index contributed by atoms with van der Waals surface area (Å²) in [6.45, 7) is 6.44. The number of ketones is 1. The third-order valence-corrected chi connectivity index (χ3v) is 5.33. The maximum Gasteiger partial charge on any atom is 0.355 e. The maximum atomic E-state index is 12.6. The number of Topliss-reactive ketones (excluding diaryl/α,β-unsaturated/α-hetero) is 1. The Labute approximate surface area is 164 Å². The summed E-state index contributed by atoms with van der Waals surface area (Å²) in [5, 5.41) is 3.00. The number of amides is 1. The molecule has 0 saturated heterocycles. The van der Waals surface area contributed by atoms with Crippen LogP contribution in [0.15, 0.2) is 24.3 Å². The molecular formula is C22H26N2O4. The molecule has 0 fully saturated rings. The van der Waals surface area contributed by atoms with E-state index in [-0.39, 0.29) is 23.4 Å². The van der Waals surface area contributed by atoms with Crippen molar-refractivity contribution in [1.29, 1.82) is 0 Å². The van der Waals surface area contributed by atoms with Crippen LogP contribution in [0.5, 0.6) is 0 Å². The molecule has 0 aliphatic heterocycles. The first-order valence-electron chi connectivity index (χ1n) is 9.58. The smallest absolute Gasteiger partial charge is 0.355 e. The van der Waals surface area contributed by atoms with Gasteiger partial charge in [0.25, 0.3) is 5.91 Å². The molecule has 0 bridgehead atoms. The van der Waals surface area contributed by atoms with E-state index in [2.05, 4.69) is 16.4 Å². The van der Waals surface area contributed by atoms with Crippen molar-refractivity contribution in [2.24, 2.45) is 0 Å². The highest BCUT2D eigenvalue weighted by molar-refractivity contribution is 6.01. The Hall–Kier alpha value is -2.89. The van der Waals surface area contributed by atoms with Crippen molar-refractivity contribution < 1.29 is 19.1 Å². The summed E-state index contributed by atoms with van der Waals surface area (Å²) in [5.74, 6) is -1.09. The van der Waals surface area contributed by atoms with Crippen molar-refractivity contribution in [3.05, 3.63) is 57.9 Å². The van der Waals surface area contributed by atoms with Gasteiger partial charge in [0, 0.05) is 11.3 Å². The average Bonchev–Trinajstić information content (AvgIpc) is 2.96. The van der Waals surface area contributed by atoms with E-state index in [9.17, 15) is 14.4 Å². The number of hydrogen-bond donors (Lipinski definition) is 2. The van der Waals surface area contributed by atoms with E-state index in [0.717, 1.165) is 24.8 Å². The summed E-state index contributed by atoms with van der Waals surface area (Å²) in [6.07, 6.45) is 1.94. The van der Waals surface area contributed by atoms with Gasteiger partial charge in [-0.2, -0.15) is 0 Å². The van der Waals surface area contributed by atoms with Gasteiger partial charge in [0.05, 0.1) is 6.04 Å². The minimum absolute atomic E-state index is 0.0719. The number of fused-ring (bicyclic) bond motifs is 1. The van der Waals surface area contributed by atoms with Gasteiger partial charge in [0.15, 0.2) is 11.9 Å².